The van der Waals surface area contributed by atoms with Crippen LogP contribution in [0.25, 0.3) is 11.1 Å². The molecule has 1 aliphatic heterocycles. The fraction of sp³-hybridized carbons (Fsp3) is 0.182. The van der Waals surface area contributed by atoms with Gasteiger partial charge in [0.25, 0.3) is 0 Å². The van der Waals surface area contributed by atoms with Gasteiger partial charge >= 0.3 is 0 Å². The third-order valence-corrected chi connectivity index (χ3v) is 4.54. The van der Waals surface area contributed by atoms with Crippen molar-refractivity contribution in [2.75, 3.05) is 13.2 Å². The molecule has 1 unspecified atom stereocenters. The average Bonchev–Trinajstić information content (AvgIpc) is 3.23. The summed E-state index contributed by atoms with van der Waals surface area (Å²) in [4.78, 5) is 0. The molecule has 1 atom stereocenters. The molecular formula is C22H21NO2. The van der Waals surface area contributed by atoms with Gasteiger partial charge in [-0.3, -0.25) is 0 Å². The van der Waals surface area contributed by atoms with Gasteiger partial charge in [-0.2, -0.15) is 0 Å². The van der Waals surface area contributed by atoms with E-state index < -0.39 is 0 Å². The Hall–Kier alpha value is -2.46. The van der Waals surface area contributed by atoms with Gasteiger partial charge in [0.15, 0.2) is 6.29 Å². The lowest BCUT2D eigenvalue weighted by molar-refractivity contribution is -0.0441. The number of benzene rings is 3. The minimum atomic E-state index is -0.271. The van der Waals surface area contributed by atoms with Crippen molar-refractivity contribution in [3.8, 4) is 11.1 Å². The lowest BCUT2D eigenvalue weighted by Crippen LogP contribution is -2.12. The van der Waals surface area contributed by atoms with E-state index in [1.165, 1.54) is 11.1 Å². The summed E-state index contributed by atoms with van der Waals surface area (Å²) in [6.45, 7) is 1.28. The first-order chi connectivity index (χ1) is 12.3. The molecule has 0 spiro atoms. The van der Waals surface area contributed by atoms with Gasteiger partial charge in [-0.15, -0.1) is 0 Å². The maximum Gasteiger partial charge on any atom is 0.184 e. The number of hydrogen-bond donors (Lipinski definition) is 1. The van der Waals surface area contributed by atoms with Crippen molar-refractivity contribution < 1.29 is 9.47 Å². The smallest absolute Gasteiger partial charge is 0.184 e. The van der Waals surface area contributed by atoms with Gasteiger partial charge in [0.2, 0.25) is 0 Å². The van der Waals surface area contributed by atoms with Crippen LogP contribution in [0.1, 0.15) is 29.0 Å². The van der Waals surface area contributed by atoms with Gasteiger partial charge in [0.05, 0.1) is 19.3 Å². The lowest BCUT2D eigenvalue weighted by atomic mass is 9.96. The molecular weight excluding hydrogens is 310 g/mol. The van der Waals surface area contributed by atoms with E-state index in [-0.39, 0.29) is 12.3 Å². The van der Waals surface area contributed by atoms with Crippen molar-refractivity contribution in [2.45, 2.75) is 12.3 Å². The van der Waals surface area contributed by atoms with Gasteiger partial charge in [-0.05, 0) is 28.3 Å². The highest BCUT2D eigenvalue weighted by atomic mass is 16.7. The highest BCUT2D eigenvalue weighted by molar-refractivity contribution is 5.63. The third kappa shape index (κ3) is 3.49. The fourth-order valence-corrected chi connectivity index (χ4v) is 3.16. The SMILES string of the molecule is NC(c1ccc(-c2ccccc2)cc1)c1cccc(C2OCCO2)c1. The van der Waals surface area contributed by atoms with E-state index in [1.807, 2.05) is 36.4 Å². The number of hydrogen-bond acceptors (Lipinski definition) is 3. The molecule has 0 radical (unpaired) electrons. The molecule has 1 saturated heterocycles. The highest BCUT2D eigenvalue weighted by Gasteiger charge is 2.19. The summed E-state index contributed by atoms with van der Waals surface area (Å²) in [6, 6.07) is 26.8. The summed E-state index contributed by atoms with van der Waals surface area (Å²) >= 11 is 0. The summed E-state index contributed by atoms with van der Waals surface area (Å²) in [6.07, 6.45) is -0.271. The van der Waals surface area contributed by atoms with Gasteiger partial charge in [-0.1, -0.05) is 72.8 Å². The highest BCUT2D eigenvalue weighted by Crippen LogP contribution is 2.28. The molecule has 0 bridgehead atoms. The zero-order chi connectivity index (χ0) is 17.1. The molecule has 3 heteroatoms. The normalized spacial score (nSPS) is 16.0. The summed E-state index contributed by atoms with van der Waals surface area (Å²) in [5.74, 6) is 0. The first-order valence-corrected chi connectivity index (χ1v) is 8.55. The van der Waals surface area contributed by atoms with Crippen LogP contribution in [0, 0.1) is 0 Å². The van der Waals surface area contributed by atoms with Crippen LogP contribution in [0.2, 0.25) is 0 Å². The van der Waals surface area contributed by atoms with Gasteiger partial charge in [0.1, 0.15) is 0 Å². The predicted molar refractivity (Wildman–Crippen MR) is 99.0 cm³/mol. The molecule has 1 fully saturated rings. The molecule has 0 aromatic heterocycles. The second-order valence-electron chi connectivity index (χ2n) is 6.21. The first-order valence-electron chi connectivity index (χ1n) is 8.55. The zero-order valence-corrected chi connectivity index (χ0v) is 14.0. The Morgan fingerprint density at radius 1 is 0.720 bits per heavy atom. The van der Waals surface area contributed by atoms with E-state index in [4.69, 9.17) is 15.2 Å². The first kappa shape index (κ1) is 16.0. The zero-order valence-electron chi connectivity index (χ0n) is 14.0. The van der Waals surface area contributed by atoms with Crippen molar-refractivity contribution >= 4 is 0 Å². The van der Waals surface area contributed by atoms with Crippen molar-refractivity contribution in [1.82, 2.24) is 0 Å². The van der Waals surface area contributed by atoms with E-state index >= 15 is 0 Å². The van der Waals surface area contributed by atoms with Crippen LogP contribution in [0.3, 0.4) is 0 Å². The van der Waals surface area contributed by atoms with Crippen LogP contribution in [-0.4, -0.2) is 13.2 Å². The molecule has 3 nitrogen and oxygen atoms in total. The Balaban J connectivity index is 1.56. The van der Waals surface area contributed by atoms with Crippen molar-refractivity contribution in [1.29, 1.82) is 0 Å². The fourth-order valence-electron chi connectivity index (χ4n) is 3.16. The van der Waals surface area contributed by atoms with E-state index in [0.717, 1.165) is 16.7 Å². The van der Waals surface area contributed by atoms with Crippen LogP contribution in [-0.2, 0) is 9.47 Å². The molecule has 4 rings (SSSR count). The van der Waals surface area contributed by atoms with Crippen molar-refractivity contribution in [3.05, 3.63) is 95.6 Å². The molecule has 25 heavy (non-hydrogen) atoms. The molecule has 3 aromatic rings. The van der Waals surface area contributed by atoms with Crippen LogP contribution < -0.4 is 5.73 Å². The number of ether oxygens (including phenoxy) is 2. The Bertz CT molecular complexity index is 824. The largest absolute Gasteiger partial charge is 0.346 e. The number of rotatable bonds is 4. The molecule has 3 aromatic carbocycles. The molecule has 0 aliphatic carbocycles. The Kier molecular flexibility index (Phi) is 4.61. The Morgan fingerprint density at radius 3 is 2.12 bits per heavy atom. The van der Waals surface area contributed by atoms with E-state index in [0.29, 0.717) is 13.2 Å². The van der Waals surface area contributed by atoms with Gasteiger partial charge < -0.3 is 15.2 Å². The summed E-state index contributed by atoms with van der Waals surface area (Å²) in [7, 11) is 0. The van der Waals surface area contributed by atoms with Crippen molar-refractivity contribution in [2.24, 2.45) is 5.73 Å². The third-order valence-electron chi connectivity index (χ3n) is 4.54. The molecule has 1 heterocycles. The second-order valence-corrected chi connectivity index (χ2v) is 6.21. The Morgan fingerprint density at radius 2 is 1.40 bits per heavy atom. The molecule has 0 amide bonds. The van der Waals surface area contributed by atoms with E-state index in [1.54, 1.807) is 0 Å². The van der Waals surface area contributed by atoms with Crippen LogP contribution in [0.5, 0.6) is 0 Å². The van der Waals surface area contributed by atoms with E-state index in [9.17, 15) is 0 Å². The van der Waals surface area contributed by atoms with E-state index in [2.05, 4.69) is 42.5 Å². The standard InChI is InChI=1S/C22H21NO2/c23-21(19-7-4-8-20(15-19)22-24-13-14-25-22)18-11-9-17(10-12-18)16-5-2-1-3-6-16/h1-12,15,21-22H,13-14,23H2. The maximum absolute atomic E-state index is 6.49. The number of nitrogens with two attached hydrogens (primary N) is 1. The monoisotopic (exact) mass is 331 g/mol. The summed E-state index contributed by atoms with van der Waals surface area (Å²) < 4.78 is 11.2. The van der Waals surface area contributed by atoms with Gasteiger partial charge in [0, 0.05) is 5.56 Å². The van der Waals surface area contributed by atoms with Crippen LogP contribution >= 0.6 is 0 Å². The summed E-state index contributed by atoms with van der Waals surface area (Å²) in [5.41, 5.74) is 12.1. The van der Waals surface area contributed by atoms with Crippen molar-refractivity contribution in [3.63, 3.8) is 0 Å². The van der Waals surface area contributed by atoms with Crippen LogP contribution in [0.4, 0.5) is 0 Å². The molecule has 126 valence electrons. The molecule has 0 saturated carbocycles. The minimum Gasteiger partial charge on any atom is -0.346 e. The predicted octanol–water partition coefficient (Wildman–Crippen LogP) is 4.45. The molecule has 2 N–H and O–H groups in total. The average molecular weight is 331 g/mol. The Labute approximate surface area is 148 Å². The van der Waals surface area contributed by atoms with Crippen LogP contribution in [0.15, 0.2) is 78.9 Å². The minimum absolute atomic E-state index is 0.175. The lowest BCUT2D eigenvalue weighted by Gasteiger charge is -2.16. The summed E-state index contributed by atoms with van der Waals surface area (Å²) in [5, 5.41) is 0. The molecule has 1 aliphatic rings. The topological polar surface area (TPSA) is 44.5 Å². The second kappa shape index (κ2) is 7.19. The maximum atomic E-state index is 6.49. The quantitative estimate of drug-likeness (QED) is 0.768. The van der Waals surface area contributed by atoms with Gasteiger partial charge in [-0.25, -0.2) is 0 Å².